The molecule has 0 aromatic carbocycles. The summed E-state index contributed by atoms with van der Waals surface area (Å²) >= 11 is 0. The van der Waals surface area contributed by atoms with E-state index in [1.165, 1.54) is 0 Å². The summed E-state index contributed by atoms with van der Waals surface area (Å²) in [6.45, 7) is 6.56. The van der Waals surface area contributed by atoms with Crippen LogP contribution in [0.25, 0.3) is 0 Å². The molecule has 1 saturated heterocycles. The van der Waals surface area contributed by atoms with Crippen LogP contribution in [0.1, 0.15) is 25.3 Å². The average molecular weight is 305 g/mol. The third kappa shape index (κ3) is 5.27. The third-order valence-corrected chi connectivity index (χ3v) is 3.95. The molecule has 1 aromatic heterocycles. The zero-order valence-electron chi connectivity index (χ0n) is 13.6. The van der Waals surface area contributed by atoms with Crippen LogP contribution in [0.15, 0.2) is 18.3 Å². The second-order valence-corrected chi connectivity index (χ2v) is 6.11. The van der Waals surface area contributed by atoms with Crippen molar-refractivity contribution < 1.29 is 4.79 Å². The molecule has 1 aliphatic rings. The molecule has 1 aromatic rings. The van der Waals surface area contributed by atoms with Crippen LogP contribution in [-0.2, 0) is 11.3 Å². The van der Waals surface area contributed by atoms with Gasteiger partial charge in [-0.1, -0.05) is 0 Å². The summed E-state index contributed by atoms with van der Waals surface area (Å²) < 4.78 is 0. The number of likely N-dealkylation sites (N-methyl/N-ethyl adjacent to an activating group) is 1. The van der Waals surface area contributed by atoms with Gasteiger partial charge in [-0.25, -0.2) is 4.98 Å². The van der Waals surface area contributed by atoms with Gasteiger partial charge in [0.2, 0.25) is 5.91 Å². The van der Waals surface area contributed by atoms with Crippen LogP contribution in [0, 0.1) is 0 Å². The van der Waals surface area contributed by atoms with Gasteiger partial charge in [0.15, 0.2) is 0 Å². The summed E-state index contributed by atoms with van der Waals surface area (Å²) in [5.74, 6) is 1.05. The van der Waals surface area contributed by atoms with E-state index in [0.29, 0.717) is 19.4 Å². The topological polar surface area (TPSA) is 74.5 Å². The second-order valence-electron chi connectivity index (χ2n) is 6.11. The van der Waals surface area contributed by atoms with Gasteiger partial charge in [-0.3, -0.25) is 4.79 Å². The molecule has 1 aliphatic heterocycles. The van der Waals surface area contributed by atoms with Gasteiger partial charge in [-0.2, -0.15) is 0 Å². The van der Waals surface area contributed by atoms with Crippen molar-refractivity contribution >= 4 is 11.7 Å². The van der Waals surface area contributed by atoms with E-state index in [2.05, 4.69) is 33.2 Å². The molecule has 0 spiro atoms. The van der Waals surface area contributed by atoms with E-state index in [4.69, 9.17) is 5.73 Å². The normalized spacial score (nSPS) is 17.3. The number of aromatic nitrogens is 1. The van der Waals surface area contributed by atoms with Crippen LogP contribution in [-0.4, -0.2) is 55.1 Å². The highest BCUT2D eigenvalue weighted by atomic mass is 16.1. The standard InChI is InChI=1S/C16H27N5O/c1-13(17)3-4-16(22)19-12-14-5-6-18-15(11-14)21-9-7-20(2)8-10-21/h5-6,11,13H,3-4,7-10,12,17H2,1-2H3,(H,19,22). The molecule has 2 heterocycles. The zero-order valence-corrected chi connectivity index (χ0v) is 13.6. The lowest BCUT2D eigenvalue weighted by Gasteiger charge is -2.33. The van der Waals surface area contributed by atoms with E-state index in [-0.39, 0.29) is 11.9 Å². The maximum atomic E-state index is 11.7. The lowest BCUT2D eigenvalue weighted by molar-refractivity contribution is -0.121. The molecule has 122 valence electrons. The van der Waals surface area contributed by atoms with E-state index in [9.17, 15) is 4.79 Å². The number of carbonyl (C=O) groups excluding carboxylic acids is 1. The number of hydrogen-bond donors (Lipinski definition) is 2. The Kier molecular flexibility index (Phi) is 6.15. The number of nitrogens with zero attached hydrogens (tertiary/aromatic N) is 3. The summed E-state index contributed by atoms with van der Waals surface area (Å²) in [5, 5.41) is 2.94. The fourth-order valence-electron chi connectivity index (χ4n) is 2.43. The highest BCUT2D eigenvalue weighted by Gasteiger charge is 2.15. The molecule has 0 radical (unpaired) electrons. The molecule has 6 heteroatoms. The number of anilines is 1. The number of nitrogens with two attached hydrogens (primary N) is 1. The molecule has 1 fully saturated rings. The number of amides is 1. The van der Waals surface area contributed by atoms with Crippen molar-refractivity contribution in [3.8, 4) is 0 Å². The van der Waals surface area contributed by atoms with Crippen LogP contribution in [0.3, 0.4) is 0 Å². The van der Waals surface area contributed by atoms with Crippen molar-refractivity contribution in [3.05, 3.63) is 23.9 Å². The van der Waals surface area contributed by atoms with E-state index in [1.54, 1.807) is 0 Å². The second kappa shape index (κ2) is 8.10. The number of nitrogens with one attached hydrogen (secondary N) is 1. The highest BCUT2D eigenvalue weighted by Crippen LogP contribution is 2.14. The lowest BCUT2D eigenvalue weighted by Crippen LogP contribution is -2.44. The fourth-order valence-corrected chi connectivity index (χ4v) is 2.43. The number of hydrogen-bond acceptors (Lipinski definition) is 5. The van der Waals surface area contributed by atoms with Crippen molar-refractivity contribution in [2.45, 2.75) is 32.4 Å². The molecular formula is C16H27N5O. The molecule has 0 bridgehead atoms. The first-order valence-corrected chi connectivity index (χ1v) is 7.95. The van der Waals surface area contributed by atoms with E-state index >= 15 is 0 Å². The maximum absolute atomic E-state index is 11.7. The molecule has 2 rings (SSSR count). The van der Waals surface area contributed by atoms with Crippen molar-refractivity contribution in [1.29, 1.82) is 0 Å². The smallest absolute Gasteiger partial charge is 0.220 e. The number of carbonyl (C=O) groups is 1. The van der Waals surface area contributed by atoms with E-state index < -0.39 is 0 Å². The van der Waals surface area contributed by atoms with Crippen LogP contribution >= 0.6 is 0 Å². The summed E-state index contributed by atoms with van der Waals surface area (Å²) in [4.78, 5) is 20.8. The Morgan fingerprint density at radius 2 is 2.14 bits per heavy atom. The van der Waals surface area contributed by atoms with Crippen LogP contribution < -0.4 is 16.0 Å². The predicted molar refractivity (Wildman–Crippen MR) is 88.7 cm³/mol. The van der Waals surface area contributed by atoms with Crippen molar-refractivity contribution in [1.82, 2.24) is 15.2 Å². The first kappa shape index (κ1) is 16.7. The monoisotopic (exact) mass is 305 g/mol. The van der Waals surface area contributed by atoms with Gasteiger partial charge >= 0.3 is 0 Å². The van der Waals surface area contributed by atoms with E-state index in [0.717, 1.165) is 37.6 Å². The molecule has 0 aliphatic carbocycles. The fraction of sp³-hybridized carbons (Fsp3) is 0.625. The number of pyridine rings is 1. The van der Waals surface area contributed by atoms with Gasteiger partial charge < -0.3 is 20.9 Å². The van der Waals surface area contributed by atoms with Gasteiger partial charge in [0, 0.05) is 51.4 Å². The van der Waals surface area contributed by atoms with Gasteiger partial charge in [-0.05, 0) is 38.1 Å². The highest BCUT2D eigenvalue weighted by molar-refractivity contribution is 5.75. The minimum Gasteiger partial charge on any atom is -0.354 e. The first-order valence-electron chi connectivity index (χ1n) is 7.95. The summed E-state index contributed by atoms with van der Waals surface area (Å²) in [7, 11) is 2.14. The van der Waals surface area contributed by atoms with E-state index in [1.807, 2.05) is 19.2 Å². The molecule has 1 atom stereocenters. The first-order chi connectivity index (χ1) is 10.5. The Bertz CT molecular complexity index is 483. The summed E-state index contributed by atoms with van der Waals surface area (Å²) in [5.41, 5.74) is 6.74. The Morgan fingerprint density at radius 1 is 1.41 bits per heavy atom. The lowest BCUT2D eigenvalue weighted by atomic mass is 10.2. The number of rotatable bonds is 6. The van der Waals surface area contributed by atoms with Gasteiger partial charge in [-0.15, -0.1) is 0 Å². The maximum Gasteiger partial charge on any atom is 0.220 e. The van der Waals surface area contributed by atoms with Crippen LogP contribution in [0.4, 0.5) is 5.82 Å². The predicted octanol–water partition coefficient (Wildman–Crippen LogP) is 0.577. The molecule has 1 amide bonds. The quantitative estimate of drug-likeness (QED) is 0.804. The Labute approximate surface area is 132 Å². The molecule has 22 heavy (non-hydrogen) atoms. The van der Waals surface area contributed by atoms with Crippen molar-refractivity contribution in [2.75, 3.05) is 38.1 Å². The molecule has 3 N–H and O–H groups in total. The summed E-state index contributed by atoms with van der Waals surface area (Å²) in [6.07, 6.45) is 3.01. The molecule has 0 saturated carbocycles. The summed E-state index contributed by atoms with van der Waals surface area (Å²) in [6, 6.07) is 4.08. The molecule has 1 unspecified atom stereocenters. The Balaban J connectivity index is 1.85. The minimum absolute atomic E-state index is 0.0512. The molecular weight excluding hydrogens is 278 g/mol. The minimum atomic E-state index is 0.0512. The van der Waals surface area contributed by atoms with Crippen LogP contribution in [0.2, 0.25) is 0 Å². The average Bonchev–Trinajstić information content (AvgIpc) is 2.52. The Morgan fingerprint density at radius 3 is 2.82 bits per heavy atom. The largest absolute Gasteiger partial charge is 0.354 e. The zero-order chi connectivity index (χ0) is 15.9. The van der Waals surface area contributed by atoms with Crippen LogP contribution in [0.5, 0.6) is 0 Å². The van der Waals surface area contributed by atoms with Crippen molar-refractivity contribution in [2.24, 2.45) is 5.73 Å². The third-order valence-electron chi connectivity index (χ3n) is 3.95. The van der Waals surface area contributed by atoms with Gasteiger partial charge in [0.05, 0.1) is 0 Å². The number of piperazine rings is 1. The molecule has 6 nitrogen and oxygen atoms in total. The van der Waals surface area contributed by atoms with Crippen molar-refractivity contribution in [3.63, 3.8) is 0 Å². The Hall–Kier alpha value is -1.66. The SMILES string of the molecule is CC(N)CCC(=O)NCc1ccnc(N2CCN(C)CC2)c1. The van der Waals surface area contributed by atoms with Gasteiger partial charge in [0.1, 0.15) is 5.82 Å². The van der Waals surface area contributed by atoms with Gasteiger partial charge in [0.25, 0.3) is 0 Å².